The minimum absolute atomic E-state index is 0.126. The van der Waals surface area contributed by atoms with Gasteiger partial charge in [0.15, 0.2) is 5.82 Å². The van der Waals surface area contributed by atoms with Gasteiger partial charge in [-0.05, 0) is 38.9 Å². The molecule has 1 N–H and O–H groups in total. The molecular formula is C17H22N4O2. The van der Waals surface area contributed by atoms with Crippen molar-refractivity contribution in [1.82, 2.24) is 20.4 Å². The van der Waals surface area contributed by atoms with E-state index in [0.717, 1.165) is 18.5 Å². The first-order valence-electron chi connectivity index (χ1n) is 7.99. The van der Waals surface area contributed by atoms with Crippen molar-refractivity contribution in [2.45, 2.75) is 26.8 Å². The van der Waals surface area contributed by atoms with Gasteiger partial charge in [-0.1, -0.05) is 23.4 Å². The van der Waals surface area contributed by atoms with Crippen molar-refractivity contribution >= 4 is 5.91 Å². The number of hydrogen-bond acceptors (Lipinski definition) is 5. The van der Waals surface area contributed by atoms with E-state index < -0.39 is 0 Å². The van der Waals surface area contributed by atoms with Gasteiger partial charge in [0.25, 0.3) is 5.89 Å². The number of nitrogens with one attached hydrogen (secondary N) is 1. The van der Waals surface area contributed by atoms with Gasteiger partial charge in [0.05, 0.1) is 12.0 Å². The lowest BCUT2D eigenvalue weighted by Crippen LogP contribution is -2.40. The zero-order valence-corrected chi connectivity index (χ0v) is 13.6. The van der Waals surface area contributed by atoms with Crippen molar-refractivity contribution in [2.75, 3.05) is 19.6 Å². The minimum atomic E-state index is -0.331. The van der Waals surface area contributed by atoms with Gasteiger partial charge in [-0.15, -0.1) is 0 Å². The number of amides is 1. The predicted molar refractivity (Wildman–Crippen MR) is 86.4 cm³/mol. The number of aromatic nitrogens is 2. The van der Waals surface area contributed by atoms with Gasteiger partial charge in [0, 0.05) is 18.7 Å². The highest BCUT2D eigenvalue weighted by Gasteiger charge is 2.40. The number of rotatable bonds is 5. The molecule has 0 aliphatic carbocycles. The molecule has 1 unspecified atom stereocenters. The lowest BCUT2D eigenvalue weighted by Gasteiger charge is -2.22. The maximum absolute atomic E-state index is 12.2. The second-order valence-corrected chi connectivity index (χ2v) is 6.26. The van der Waals surface area contributed by atoms with Crippen LogP contribution in [0.2, 0.25) is 0 Å². The summed E-state index contributed by atoms with van der Waals surface area (Å²) in [6.45, 7) is 6.81. The van der Waals surface area contributed by atoms with Gasteiger partial charge in [-0.3, -0.25) is 9.69 Å². The standard InChI is InChI=1S/C17H22N4O2/c1-3-18-16(22)17(2)9-10-21(12-17)11-14-19-15(23-20-14)13-7-5-4-6-8-13/h4-8H,3,9-12H2,1-2H3,(H,18,22). The monoisotopic (exact) mass is 314 g/mol. The summed E-state index contributed by atoms with van der Waals surface area (Å²) in [4.78, 5) is 18.8. The van der Waals surface area contributed by atoms with Crippen LogP contribution in [0.3, 0.4) is 0 Å². The third-order valence-electron chi connectivity index (χ3n) is 4.29. The molecule has 1 aliphatic rings. The SMILES string of the molecule is CCNC(=O)C1(C)CCN(Cc2noc(-c3ccccc3)n2)C1. The highest BCUT2D eigenvalue weighted by molar-refractivity contribution is 5.82. The van der Waals surface area contributed by atoms with Crippen LogP contribution in [-0.2, 0) is 11.3 Å². The van der Waals surface area contributed by atoms with Crippen LogP contribution < -0.4 is 5.32 Å². The molecule has 1 aromatic heterocycles. The molecule has 6 nitrogen and oxygen atoms in total. The lowest BCUT2D eigenvalue weighted by atomic mass is 9.89. The quantitative estimate of drug-likeness (QED) is 0.915. The topological polar surface area (TPSA) is 71.3 Å². The molecule has 6 heteroatoms. The summed E-state index contributed by atoms with van der Waals surface area (Å²) in [5.74, 6) is 1.32. The molecular weight excluding hydrogens is 292 g/mol. The van der Waals surface area contributed by atoms with Gasteiger partial charge < -0.3 is 9.84 Å². The van der Waals surface area contributed by atoms with Crippen LogP contribution in [0.25, 0.3) is 11.5 Å². The molecule has 1 amide bonds. The van der Waals surface area contributed by atoms with E-state index in [1.807, 2.05) is 44.2 Å². The Hall–Kier alpha value is -2.21. The fourth-order valence-corrected chi connectivity index (χ4v) is 2.97. The van der Waals surface area contributed by atoms with Crippen molar-refractivity contribution < 1.29 is 9.32 Å². The number of carbonyl (C=O) groups excluding carboxylic acids is 1. The molecule has 0 bridgehead atoms. The smallest absolute Gasteiger partial charge is 0.257 e. The average molecular weight is 314 g/mol. The summed E-state index contributed by atoms with van der Waals surface area (Å²) in [6.07, 6.45) is 0.849. The van der Waals surface area contributed by atoms with Crippen LogP contribution in [0.1, 0.15) is 26.1 Å². The maximum Gasteiger partial charge on any atom is 0.257 e. The molecule has 1 atom stereocenters. The highest BCUT2D eigenvalue weighted by atomic mass is 16.5. The summed E-state index contributed by atoms with van der Waals surface area (Å²) in [6, 6.07) is 9.72. The number of nitrogens with zero attached hydrogens (tertiary/aromatic N) is 3. The first-order chi connectivity index (χ1) is 11.1. The van der Waals surface area contributed by atoms with E-state index >= 15 is 0 Å². The molecule has 2 heterocycles. The zero-order valence-electron chi connectivity index (χ0n) is 13.6. The second kappa shape index (κ2) is 6.50. The van der Waals surface area contributed by atoms with Crippen molar-refractivity contribution in [2.24, 2.45) is 5.41 Å². The van der Waals surface area contributed by atoms with E-state index in [-0.39, 0.29) is 11.3 Å². The Morgan fingerprint density at radius 2 is 2.17 bits per heavy atom. The second-order valence-electron chi connectivity index (χ2n) is 6.26. The summed E-state index contributed by atoms with van der Waals surface area (Å²) >= 11 is 0. The first-order valence-corrected chi connectivity index (χ1v) is 7.99. The number of benzene rings is 1. The van der Waals surface area contributed by atoms with Crippen LogP contribution in [0.5, 0.6) is 0 Å². The summed E-state index contributed by atoms with van der Waals surface area (Å²) < 4.78 is 5.33. The Morgan fingerprint density at radius 1 is 1.39 bits per heavy atom. The predicted octanol–water partition coefficient (Wildman–Crippen LogP) is 2.08. The molecule has 0 saturated carbocycles. The summed E-state index contributed by atoms with van der Waals surface area (Å²) in [5.41, 5.74) is 0.585. The number of carbonyl (C=O) groups is 1. The number of likely N-dealkylation sites (tertiary alicyclic amines) is 1. The van der Waals surface area contributed by atoms with Crippen molar-refractivity contribution in [1.29, 1.82) is 0 Å². The molecule has 122 valence electrons. The van der Waals surface area contributed by atoms with Gasteiger partial charge in [-0.2, -0.15) is 4.98 Å². The van der Waals surface area contributed by atoms with E-state index in [0.29, 0.717) is 31.3 Å². The van der Waals surface area contributed by atoms with Gasteiger partial charge in [-0.25, -0.2) is 0 Å². The fourth-order valence-electron chi connectivity index (χ4n) is 2.97. The van der Waals surface area contributed by atoms with Crippen molar-refractivity contribution in [3.8, 4) is 11.5 Å². The summed E-state index contributed by atoms with van der Waals surface area (Å²) in [5, 5.41) is 6.98. The van der Waals surface area contributed by atoms with Crippen LogP contribution in [-0.4, -0.2) is 40.6 Å². The maximum atomic E-state index is 12.2. The third kappa shape index (κ3) is 3.42. The Bertz CT molecular complexity index is 670. The molecule has 0 spiro atoms. The zero-order chi connectivity index (χ0) is 16.3. The van der Waals surface area contributed by atoms with Crippen molar-refractivity contribution in [3.63, 3.8) is 0 Å². The number of hydrogen-bond donors (Lipinski definition) is 1. The van der Waals surface area contributed by atoms with Crippen LogP contribution >= 0.6 is 0 Å². The Morgan fingerprint density at radius 3 is 2.91 bits per heavy atom. The molecule has 2 aromatic rings. The van der Waals surface area contributed by atoms with E-state index in [1.165, 1.54) is 0 Å². The largest absolute Gasteiger partial charge is 0.356 e. The van der Waals surface area contributed by atoms with E-state index in [1.54, 1.807) is 0 Å². The Kier molecular flexibility index (Phi) is 4.43. The van der Waals surface area contributed by atoms with E-state index in [2.05, 4.69) is 20.4 Å². The lowest BCUT2D eigenvalue weighted by molar-refractivity contribution is -0.129. The summed E-state index contributed by atoms with van der Waals surface area (Å²) in [7, 11) is 0. The average Bonchev–Trinajstić information content (AvgIpc) is 3.17. The van der Waals surface area contributed by atoms with Crippen LogP contribution in [0, 0.1) is 5.41 Å². The van der Waals surface area contributed by atoms with Gasteiger partial charge in [0.1, 0.15) is 0 Å². The fraction of sp³-hybridized carbons (Fsp3) is 0.471. The van der Waals surface area contributed by atoms with Crippen LogP contribution in [0.4, 0.5) is 0 Å². The highest BCUT2D eigenvalue weighted by Crippen LogP contribution is 2.31. The molecule has 1 fully saturated rings. The molecule has 23 heavy (non-hydrogen) atoms. The Labute approximate surface area is 135 Å². The molecule has 1 aliphatic heterocycles. The van der Waals surface area contributed by atoms with E-state index in [4.69, 9.17) is 4.52 Å². The van der Waals surface area contributed by atoms with Crippen LogP contribution in [0.15, 0.2) is 34.9 Å². The van der Waals surface area contributed by atoms with Crippen molar-refractivity contribution in [3.05, 3.63) is 36.2 Å². The molecule has 1 saturated heterocycles. The molecule has 3 rings (SSSR count). The van der Waals surface area contributed by atoms with Gasteiger partial charge in [0.2, 0.25) is 5.91 Å². The van der Waals surface area contributed by atoms with E-state index in [9.17, 15) is 4.79 Å². The third-order valence-corrected chi connectivity index (χ3v) is 4.29. The molecule has 1 aromatic carbocycles. The minimum Gasteiger partial charge on any atom is -0.356 e. The van der Waals surface area contributed by atoms with Gasteiger partial charge >= 0.3 is 0 Å². The normalized spacial score (nSPS) is 21.5. The molecule has 0 radical (unpaired) electrons. The Balaban J connectivity index is 1.63. The first kappa shape index (κ1) is 15.7.